The third-order valence-electron chi connectivity index (χ3n) is 2.20. The summed E-state index contributed by atoms with van der Waals surface area (Å²) >= 11 is 0. The number of esters is 1. The van der Waals surface area contributed by atoms with Crippen LogP contribution in [0.25, 0.3) is 0 Å². The van der Waals surface area contributed by atoms with Crippen LogP contribution in [0.4, 0.5) is 14.6 Å². The second kappa shape index (κ2) is 6.13. The van der Waals surface area contributed by atoms with Crippen LogP contribution in [0.3, 0.4) is 0 Å². The Kier molecular flexibility index (Phi) is 4.82. The van der Waals surface area contributed by atoms with Crippen molar-refractivity contribution in [2.75, 3.05) is 19.5 Å². The van der Waals surface area contributed by atoms with Crippen molar-refractivity contribution in [1.29, 1.82) is 0 Å². The normalized spacial score (nSPS) is 10.5. The topological polar surface area (TPSA) is 74.4 Å². The number of methoxy groups -OCH3 is 1. The summed E-state index contributed by atoms with van der Waals surface area (Å²) in [6, 6.07) is 1.03. The highest BCUT2D eigenvalue weighted by atomic mass is 19.3. The number of nitrogen functional groups attached to an aromatic ring is 1. The number of hydrogen-bond acceptors (Lipinski definition) is 5. The predicted molar refractivity (Wildman–Crippen MR) is 60.5 cm³/mol. The minimum atomic E-state index is -2.77. The van der Waals surface area contributed by atoms with Gasteiger partial charge in [0.2, 0.25) is 5.88 Å². The molecule has 0 aliphatic heterocycles. The van der Waals surface area contributed by atoms with E-state index in [1.165, 1.54) is 7.11 Å². The number of rotatable bonds is 5. The number of pyridine rings is 1. The number of anilines is 1. The van der Waals surface area contributed by atoms with E-state index in [-0.39, 0.29) is 35.9 Å². The van der Waals surface area contributed by atoms with Crippen molar-refractivity contribution in [3.05, 3.63) is 17.2 Å². The maximum Gasteiger partial charge on any atom is 0.310 e. The summed E-state index contributed by atoms with van der Waals surface area (Å²) in [5.74, 6) is -0.794. The Morgan fingerprint density at radius 2 is 2.22 bits per heavy atom. The van der Waals surface area contributed by atoms with Gasteiger partial charge in [-0.05, 0) is 13.0 Å². The average molecular weight is 260 g/mol. The number of halogens is 2. The van der Waals surface area contributed by atoms with E-state index in [1.807, 2.05) is 0 Å². The van der Waals surface area contributed by atoms with Crippen LogP contribution in [0, 0.1) is 0 Å². The smallest absolute Gasteiger partial charge is 0.310 e. The fraction of sp³-hybridized carbons (Fsp3) is 0.455. The summed E-state index contributed by atoms with van der Waals surface area (Å²) in [4.78, 5) is 15.1. The fourth-order valence-corrected chi connectivity index (χ4v) is 1.48. The van der Waals surface area contributed by atoms with Gasteiger partial charge in [0.25, 0.3) is 6.43 Å². The lowest BCUT2D eigenvalue weighted by Crippen LogP contribution is -2.12. The van der Waals surface area contributed by atoms with Gasteiger partial charge in [-0.1, -0.05) is 0 Å². The van der Waals surface area contributed by atoms with Crippen LogP contribution in [0.1, 0.15) is 24.5 Å². The first-order valence-electron chi connectivity index (χ1n) is 5.26. The predicted octanol–water partition coefficient (Wildman–Crippen LogP) is 1.72. The van der Waals surface area contributed by atoms with E-state index in [0.29, 0.717) is 0 Å². The molecule has 0 aliphatic carbocycles. The van der Waals surface area contributed by atoms with E-state index in [4.69, 9.17) is 15.2 Å². The number of alkyl halides is 2. The first-order chi connectivity index (χ1) is 8.49. The number of nitrogens with zero attached hydrogens (tertiary/aromatic N) is 1. The fourth-order valence-electron chi connectivity index (χ4n) is 1.48. The highest BCUT2D eigenvalue weighted by Crippen LogP contribution is 2.30. The zero-order valence-electron chi connectivity index (χ0n) is 10.1. The summed E-state index contributed by atoms with van der Waals surface area (Å²) in [5, 5.41) is 0. The third kappa shape index (κ3) is 3.28. The molecule has 1 aromatic heterocycles. The van der Waals surface area contributed by atoms with Gasteiger partial charge in [-0.25, -0.2) is 8.78 Å². The Morgan fingerprint density at radius 1 is 1.56 bits per heavy atom. The van der Waals surface area contributed by atoms with E-state index < -0.39 is 12.4 Å². The molecule has 0 unspecified atom stereocenters. The standard InChI is InChI=1S/C11H14F2N2O3/c1-3-18-9(16)5-7-6(10(12)13)4-8(14)15-11(7)17-2/h4,10H,3,5H2,1-2H3,(H2,14,15). The lowest BCUT2D eigenvalue weighted by atomic mass is 10.1. The molecule has 1 heterocycles. The van der Waals surface area contributed by atoms with Crippen molar-refractivity contribution >= 4 is 11.8 Å². The zero-order chi connectivity index (χ0) is 13.7. The Hall–Kier alpha value is -1.92. The molecule has 0 atom stereocenters. The second-order valence-corrected chi connectivity index (χ2v) is 3.41. The van der Waals surface area contributed by atoms with Gasteiger partial charge >= 0.3 is 5.97 Å². The molecule has 0 aromatic carbocycles. The summed E-state index contributed by atoms with van der Waals surface area (Å²) in [5.41, 5.74) is 5.02. The molecule has 0 bridgehead atoms. The minimum Gasteiger partial charge on any atom is -0.481 e. The van der Waals surface area contributed by atoms with Gasteiger partial charge in [0.1, 0.15) is 5.82 Å². The molecular formula is C11H14F2N2O3. The van der Waals surface area contributed by atoms with E-state index in [0.717, 1.165) is 6.07 Å². The Morgan fingerprint density at radius 3 is 2.72 bits per heavy atom. The molecule has 0 saturated heterocycles. The molecule has 0 aliphatic rings. The van der Waals surface area contributed by atoms with Gasteiger partial charge in [-0.3, -0.25) is 4.79 Å². The molecule has 0 amide bonds. The first-order valence-corrected chi connectivity index (χ1v) is 5.26. The quantitative estimate of drug-likeness (QED) is 0.816. The molecule has 0 spiro atoms. The molecule has 1 rings (SSSR count). The number of ether oxygens (including phenoxy) is 2. The Labute approximate surface area is 103 Å². The van der Waals surface area contributed by atoms with Crippen LogP contribution in [0.2, 0.25) is 0 Å². The minimum absolute atomic E-state index is 0.000139. The van der Waals surface area contributed by atoms with Crippen LogP contribution < -0.4 is 10.5 Å². The second-order valence-electron chi connectivity index (χ2n) is 3.41. The van der Waals surface area contributed by atoms with Gasteiger partial charge in [0, 0.05) is 11.1 Å². The molecule has 0 fully saturated rings. The van der Waals surface area contributed by atoms with Crippen LogP contribution in [-0.2, 0) is 16.0 Å². The number of hydrogen-bond donors (Lipinski definition) is 1. The van der Waals surface area contributed by atoms with E-state index >= 15 is 0 Å². The Balaban J connectivity index is 3.16. The van der Waals surface area contributed by atoms with Crippen molar-refractivity contribution in [3.8, 4) is 5.88 Å². The molecule has 2 N–H and O–H groups in total. The van der Waals surface area contributed by atoms with Gasteiger partial charge in [-0.15, -0.1) is 0 Å². The van der Waals surface area contributed by atoms with Gasteiger partial charge in [0.15, 0.2) is 0 Å². The monoisotopic (exact) mass is 260 g/mol. The molecule has 5 nitrogen and oxygen atoms in total. The summed E-state index contributed by atoms with van der Waals surface area (Å²) < 4.78 is 35.3. The summed E-state index contributed by atoms with van der Waals surface area (Å²) in [6.45, 7) is 1.80. The molecule has 100 valence electrons. The van der Waals surface area contributed by atoms with Crippen molar-refractivity contribution < 1.29 is 23.0 Å². The highest BCUT2D eigenvalue weighted by Gasteiger charge is 2.22. The summed E-state index contributed by atoms with van der Waals surface area (Å²) in [7, 11) is 1.27. The molecule has 1 aromatic rings. The average Bonchev–Trinajstić information content (AvgIpc) is 2.30. The Bertz CT molecular complexity index is 439. The van der Waals surface area contributed by atoms with Gasteiger partial charge in [0.05, 0.1) is 20.1 Å². The van der Waals surface area contributed by atoms with E-state index in [2.05, 4.69) is 4.98 Å². The lowest BCUT2D eigenvalue weighted by Gasteiger charge is -2.13. The van der Waals surface area contributed by atoms with Crippen LogP contribution in [0.5, 0.6) is 5.88 Å². The van der Waals surface area contributed by atoms with Crippen molar-refractivity contribution in [2.24, 2.45) is 0 Å². The van der Waals surface area contributed by atoms with E-state index in [1.54, 1.807) is 6.92 Å². The van der Waals surface area contributed by atoms with Crippen LogP contribution in [0.15, 0.2) is 6.07 Å². The maximum absolute atomic E-state index is 12.9. The van der Waals surface area contributed by atoms with Gasteiger partial charge < -0.3 is 15.2 Å². The number of nitrogens with two attached hydrogens (primary N) is 1. The maximum atomic E-state index is 12.9. The summed E-state index contributed by atoms with van der Waals surface area (Å²) in [6.07, 6.45) is -3.10. The molecule has 0 saturated carbocycles. The number of carbonyl (C=O) groups excluding carboxylic acids is 1. The third-order valence-corrected chi connectivity index (χ3v) is 2.20. The van der Waals surface area contributed by atoms with Crippen LogP contribution in [-0.4, -0.2) is 24.7 Å². The SMILES string of the molecule is CCOC(=O)Cc1c(C(F)F)cc(N)nc1OC. The van der Waals surface area contributed by atoms with Crippen LogP contribution >= 0.6 is 0 Å². The molecular weight excluding hydrogens is 246 g/mol. The largest absolute Gasteiger partial charge is 0.481 e. The van der Waals surface area contributed by atoms with Crippen molar-refractivity contribution in [3.63, 3.8) is 0 Å². The number of carbonyl (C=O) groups is 1. The zero-order valence-corrected chi connectivity index (χ0v) is 10.1. The van der Waals surface area contributed by atoms with Crippen molar-refractivity contribution in [2.45, 2.75) is 19.8 Å². The van der Waals surface area contributed by atoms with E-state index in [9.17, 15) is 13.6 Å². The highest BCUT2D eigenvalue weighted by molar-refractivity contribution is 5.74. The molecule has 0 radical (unpaired) electrons. The molecule has 7 heteroatoms. The van der Waals surface area contributed by atoms with Gasteiger partial charge in [-0.2, -0.15) is 4.98 Å². The molecule has 18 heavy (non-hydrogen) atoms. The number of aromatic nitrogens is 1. The lowest BCUT2D eigenvalue weighted by molar-refractivity contribution is -0.142. The first kappa shape index (κ1) is 14.1. The van der Waals surface area contributed by atoms with Crippen molar-refractivity contribution in [1.82, 2.24) is 4.98 Å².